The van der Waals surface area contributed by atoms with Crippen LogP contribution in [0.15, 0.2) is 44.9 Å². The van der Waals surface area contributed by atoms with Crippen molar-refractivity contribution in [3.05, 3.63) is 36.1 Å². The first-order valence-electron chi connectivity index (χ1n) is 25.5. The van der Waals surface area contributed by atoms with E-state index in [1.54, 1.807) is 62.5 Å². The molecule has 8 N–H and O–H groups in total. The minimum absolute atomic E-state index is 0.0307. The molecule has 4 heterocycles. The molecular weight excluding hydrogens is 1000 g/mol. The quantitative estimate of drug-likeness (QED) is 0.0415. The summed E-state index contributed by atoms with van der Waals surface area (Å²) in [6.07, 6.45) is -9.49. The summed E-state index contributed by atoms with van der Waals surface area (Å²) in [4.78, 5) is 21.9. The van der Waals surface area contributed by atoms with Crippen molar-refractivity contribution in [1.82, 2.24) is 10.1 Å². The van der Waals surface area contributed by atoms with Crippen LogP contribution in [0.25, 0.3) is 0 Å². The highest BCUT2D eigenvalue weighted by molar-refractivity contribution is 7.92. The molecule has 3 aliphatic rings. The number of hydrogen-bond acceptors (Lipinski definition) is 22. The number of nitrogens with one attached hydrogen (secondary N) is 1. The number of benzene rings is 1. The number of sulfonamides is 1. The van der Waals surface area contributed by atoms with E-state index in [0.29, 0.717) is 30.2 Å². The van der Waals surface area contributed by atoms with Gasteiger partial charge in [-0.25, -0.2) is 8.42 Å². The van der Waals surface area contributed by atoms with E-state index in [2.05, 4.69) is 15.0 Å². The summed E-state index contributed by atoms with van der Waals surface area (Å²) in [5, 5.41) is 67.1. The predicted molar refractivity (Wildman–Crippen MR) is 275 cm³/mol. The fraction of sp³-hybridized carbons (Fsp3) is 0.784. The largest absolute Gasteiger partial charge is 0.459 e. The third kappa shape index (κ3) is 16.5. The summed E-state index contributed by atoms with van der Waals surface area (Å²) in [7, 11) is 3.11. The van der Waals surface area contributed by atoms with E-state index in [4.69, 9.17) is 53.0 Å². The number of carbonyl (C=O) groups excluding carboxylic acids is 1. The molecule has 430 valence electrons. The van der Waals surface area contributed by atoms with Gasteiger partial charge in [0.1, 0.15) is 29.7 Å². The fourth-order valence-electron chi connectivity index (χ4n) is 10.2. The Morgan fingerprint density at radius 2 is 1.59 bits per heavy atom. The standard InChI is InChI=1S/C41H76N2O15.C10H11N3O3S/c1-15-29-41(10,49)34(45)24(4)31(42-53-21-52-17-16-50-13)22(2)19-39(8,48)36(58-38-32(44)28(43(11)12)18-23(3)54-38)25(5)33(26(6)37(47)56-29)57-30-20-40(9,51-14)35(46)27(7)55-30;1-7-6-10(12-16-7)13-17(14,15)9-4-2-8(11)3-5-9/h22-30,32-36,38,44-46,48-49H,15-21H2,1-14H3;2-6H,11H2,1H3,(H,12,13)/b42-31+;/t22-,23?,24+,25+,26-,27?,28?,29-,30?,32?,33+,34-,35?,36-,38?,39-,40?,41-;/m1./s1. The Morgan fingerprint density at radius 3 is 2.16 bits per heavy atom. The Labute approximate surface area is 442 Å². The van der Waals surface area contributed by atoms with Gasteiger partial charge in [0, 0.05) is 56.2 Å². The first kappa shape index (κ1) is 63.9. The van der Waals surface area contributed by atoms with E-state index >= 15 is 0 Å². The molecule has 18 atom stereocenters. The van der Waals surface area contributed by atoms with E-state index < -0.39 is 112 Å². The van der Waals surface area contributed by atoms with Crippen LogP contribution in [0.5, 0.6) is 0 Å². The van der Waals surface area contributed by atoms with Gasteiger partial charge in [0.2, 0.25) is 6.79 Å². The molecule has 0 aliphatic carbocycles. The highest BCUT2D eigenvalue weighted by Crippen LogP contribution is 2.41. The number of hydrogen-bond donors (Lipinski definition) is 7. The number of nitrogen functional groups attached to an aromatic ring is 1. The Balaban J connectivity index is 0.000000599. The number of nitrogens with two attached hydrogens (primary N) is 1. The van der Waals surface area contributed by atoms with E-state index in [0.717, 1.165) is 0 Å². The zero-order chi connectivity index (χ0) is 56.4. The number of ether oxygens (including phenoxy) is 8. The number of aliphatic hydroxyl groups is 5. The van der Waals surface area contributed by atoms with Gasteiger partial charge in [-0.1, -0.05) is 38.0 Å². The van der Waals surface area contributed by atoms with Gasteiger partial charge in [-0.2, -0.15) is 0 Å². The number of rotatable bonds is 16. The van der Waals surface area contributed by atoms with E-state index in [1.165, 1.54) is 44.4 Å². The lowest BCUT2D eigenvalue weighted by atomic mass is 9.73. The van der Waals surface area contributed by atoms with Crippen LogP contribution in [0.4, 0.5) is 11.5 Å². The average Bonchev–Trinajstić information content (AvgIpc) is 3.75. The molecule has 3 saturated heterocycles. The van der Waals surface area contributed by atoms with Crippen LogP contribution in [-0.4, -0.2) is 188 Å². The van der Waals surface area contributed by atoms with Crippen molar-refractivity contribution in [2.45, 2.75) is 191 Å². The number of aliphatic hydroxyl groups excluding tert-OH is 3. The SMILES string of the molecule is CC[C@H]1OC(=O)[C@H](C)[C@@H](OC2CC(C)(OC)C(O)C(C)O2)[C@H](C)[C@@H](OC2OC(C)CC(N(C)C)C2O)[C@](C)(O)C[C@@H](C)/C(=N\OCOCCOC)[C@H](C)[C@@H](O)[C@]1(C)O.Cc1cc(NS(=O)(=O)c2ccc(N)cc2)no1. The van der Waals surface area contributed by atoms with Gasteiger partial charge in [0.15, 0.2) is 18.4 Å². The van der Waals surface area contributed by atoms with Crippen LogP contribution < -0.4 is 10.5 Å². The summed E-state index contributed by atoms with van der Waals surface area (Å²) in [6, 6.07) is 7.04. The predicted octanol–water partition coefficient (Wildman–Crippen LogP) is 3.58. The second kappa shape index (κ2) is 27.3. The molecule has 23 nitrogen and oxygen atoms in total. The smallest absolute Gasteiger partial charge is 0.311 e. The first-order chi connectivity index (χ1) is 34.9. The molecule has 0 spiro atoms. The second-order valence-electron chi connectivity index (χ2n) is 21.2. The Morgan fingerprint density at radius 1 is 0.933 bits per heavy atom. The van der Waals surface area contributed by atoms with Crippen LogP contribution in [0.2, 0.25) is 0 Å². The van der Waals surface area contributed by atoms with Crippen LogP contribution in [0, 0.1) is 30.6 Å². The summed E-state index contributed by atoms with van der Waals surface area (Å²) < 4.78 is 79.0. The molecule has 75 heavy (non-hydrogen) atoms. The number of anilines is 2. The van der Waals surface area contributed by atoms with Crippen molar-refractivity contribution < 1.29 is 86.0 Å². The molecule has 2 aromatic rings. The van der Waals surface area contributed by atoms with E-state index in [9.17, 15) is 38.7 Å². The molecule has 3 aliphatic heterocycles. The third-order valence-electron chi connectivity index (χ3n) is 14.7. The number of aromatic nitrogens is 1. The van der Waals surface area contributed by atoms with Crippen molar-refractivity contribution in [2.75, 3.05) is 58.8 Å². The van der Waals surface area contributed by atoms with Crippen LogP contribution in [0.3, 0.4) is 0 Å². The van der Waals surface area contributed by atoms with Gasteiger partial charge in [-0.05, 0) is 106 Å². The third-order valence-corrected chi connectivity index (χ3v) is 16.0. The zero-order valence-electron chi connectivity index (χ0n) is 46.4. The van der Waals surface area contributed by atoms with E-state index in [1.807, 2.05) is 32.8 Å². The highest BCUT2D eigenvalue weighted by Gasteiger charge is 2.53. The maximum Gasteiger partial charge on any atom is 0.311 e. The number of carbonyl (C=O) groups is 1. The summed E-state index contributed by atoms with van der Waals surface area (Å²) in [5.74, 6) is -3.46. The van der Waals surface area contributed by atoms with Crippen LogP contribution in [0.1, 0.15) is 101 Å². The van der Waals surface area contributed by atoms with E-state index in [-0.39, 0.29) is 55.5 Å². The lowest BCUT2D eigenvalue weighted by molar-refractivity contribution is -0.317. The summed E-state index contributed by atoms with van der Waals surface area (Å²) >= 11 is 0. The van der Waals surface area contributed by atoms with Crippen molar-refractivity contribution >= 4 is 33.2 Å². The molecule has 1 aromatic carbocycles. The normalized spacial score (nSPS) is 38.0. The highest BCUT2D eigenvalue weighted by atomic mass is 32.2. The van der Waals surface area contributed by atoms with Crippen LogP contribution in [-0.2, 0) is 57.6 Å². The summed E-state index contributed by atoms with van der Waals surface area (Å²) in [5.41, 5.74) is 1.49. The number of likely N-dealkylation sites (N-methyl/N-ethyl adjacent to an activating group) is 1. The maximum absolute atomic E-state index is 14.3. The molecule has 0 amide bonds. The Kier molecular flexibility index (Phi) is 23.3. The van der Waals surface area contributed by atoms with Crippen LogP contribution >= 0.6 is 0 Å². The van der Waals surface area contributed by atoms with Gasteiger partial charge in [0.05, 0.1) is 71.5 Å². The molecule has 8 unspecified atom stereocenters. The van der Waals surface area contributed by atoms with Crippen molar-refractivity contribution in [2.24, 2.45) is 28.8 Å². The van der Waals surface area contributed by atoms with Crippen molar-refractivity contribution in [3.63, 3.8) is 0 Å². The molecule has 5 rings (SSSR count). The number of cyclic esters (lactones) is 1. The Hall–Kier alpha value is -3.60. The minimum atomic E-state index is -3.64. The van der Waals surface area contributed by atoms with Gasteiger partial charge in [0.25, 0.3) is 10.0 Å². The topological polar surface area (TPSA) is 315 Å². The van der Waals surface area contributed by atoms with Gasteiger partial charge in [-0.15, -0.1) is 0 Å². The van der Waals surface area contributed by atoms with Gasteiger partial charge < -0.3 is 83.4 Å². The van der Waals surface area contributed by atoms with Gasteiger partial charge >= 0.3 is 5.97 Å². The molecule has 0 bridgehead atoms. The molecular formula is C51H87N5O18S. The molecule has 0 radical (unpaired) electrons. The maximum atomic E-state index is 14.3. The van der Waals surface area contributed by atoms with Crippen molar-refractivity contribution in [3.8, 4) is 0 Å². The molecule has 3 fully saturated rings. The molecule has 24 heteroatoms. The fourth-order valence-corrected chi connectivity index (χ4v) is 11.2. The average molecular weight is 1090 g/mol. The lowest BCUT2D eigenvalue weighted by Gasteiger charge is -2.49. The molecule has 1 aromatic heterocycles. The Bertz CT molecular complexity index is 2220. The minimum Gasteiger partial charge on any atom is -0.459 e. The second-order valence-corrected chi connectivity index (χ2v) is 22.9. The number of nitrogens with zero attached hydrogens (tertiary/aromatic N) is 3. The number of oxime groups is 1. The number of esters is 1. The monoisotopic (exact) mass is 1090 g/mol. The first-order valence-corrected chi connectivity index (χ1v) is 27.0. The lowest BCUT2D eigenvalue weighted by Crippen LogP contribution is -2.61. The number of aryl methyl sites for hydroxylation is 1. The zero-order valence-corrected chi connectivity index (χ0v) is 47.2. The summed E-state index contributed by atoms with van der Waals surface area (Å²) in [6.45, 7) is 19.0. The van der Waals surface area contributed by atoms with Crippen molar-refractivity contribution in [1.29, 1.82) is 0 Å². The molecule has 0 saturated carbocycles. The van der Waals surface area contributed by atoms with Gasteiger partial charge in [-0.3, -0.25) is 9.52 Å². The number of methoxy groups -OCH3 is 2.